The molecule has 0 spiro atoms. The predicted octanol–water partition coefficient (Wildman–Crippen LogP) is 4.47. The molecule has 0 aliphatic carbocycles. The molecule has 0 radical (unpaired) electrons. The number of ether oxygens (including phenoxy) is 1. The summed E-state index contributed by atoms with van der Waals surface area (Å²) in [5.74, 6) is 0. The van der Waals surface area contributed by atoms with Crippen LogP contribution in [-0.4, -0.2) is 55.8 Å². The summed E-state index contributed by atoms with van der Waals surface area (Å²) >= 11 is 0. The highest BCUT2D eigenvalue weighted by molar-refractivity contribution is 6.89. The molecule has 0 atom stereocenters. The average Bonchev–Trinajstić information content (AvgIpc) is 2.35. The number of rotatable bonds is 12. The maximum Gasteiger partial charge on any atom is 0.340 e. The van der Waals surface area contributed by atoms with Crippen molar-refractivity contribution in [1.29, 1.82) is 0 Å². The zero-order valence-corrected chi connectivity index (χ0v) is 19.4. The predicted molar refractivity (Wildman–Crippen MR) is 104 cm³/mol. The molecule has 134 valence electrons. The van der Waals surface area contributed by atoms with E-state index in [1.165, 1.54) is 0 Å². The molecular weight excluding hydrogens is 326 g/mol. The van der Waals surface area contributed by atoms with Crippen molar-refractivity contribution in [2.45, 2.75) is 72.1 Å². The van der Waals surface area contributed by atoms with Gasteiger partial charge in [0.15, 0.2) is 0 Å². The van der Waals surface area contributed by atoms with Crippen LogP contribution < -0.4 is 0 Å². The molecule has 0 aromatic heterocycles. The van der Waals surface area contributed by atoms with Crippen molar-refractivity contribution in [3.8, 4) is 0 Å². The molecule has 0 saturated heterocycles. The van der Waals surface area contributed by atoms with Crippen molar-refractivity contribution in [1.82, 2.24) is 4.23 Å². The third-order valence-electron chi connectivity index (χ3n) is 3.82. The Morgan fingerprint density at radius 1 is 0.773 bits per heavy atom. The molecule has 0 aromatic rings. The lowest BCUT2D eigenvalue weighted by atomic mass is 10.8. The van der Waals surface area contributed by atoms with Crippen LogP contribution >= 0.6 is 0 Å². The summed E-state index contributed by atoms with van der Waals surface area (Å²) in [5, 5.41) is 0. The Labute approximate surface area is 141 Å². The summed E-state index contributed by atoms with van der Waals surface area (Å²) in [7, 11) is -4.73. The molecule has 0 bridgehead atoms. The van der Waals surface area contributed by atoms with Gasteiger partial charge in [0.1, 0.15) is 16.5 Å². The van der Waals surface area contributed by atoms with Gasteiger partial charge in [-0.1, -0.05) is 46.2 Å². The summed E-state index contributed by atoms with van der Waals surface area (Å²) in [4.78, 5) is 0. The first-order valence-corrected chi connectivity index (χ1v) is 17.8. The number of nitrogens with zero attached hydrogens (tertiary/aromatic N) is 1. The van der Waals surface area contributed by atoms with E-state index in [0.717, 1.165) is 38.6 Å². The lowest BCUT2D eigenvalue weighted by molar-refractivity contribution is 0.0931. The second kappa shape index (κ2) is 9.71. The molecule has 7 heteroatoms. The highest BCUT2D eigenvalue weighted by Gasteiger charge is 2.36. The second-order valence-corrected chi connectivity index (χ2v) is 21.5. The fourth-order valence-electron chi connectivity index (χ4n) is 2.87. The third kappa shape index (κ3) is 7.85. The molecule has 0 aliphatic rings. The lowest BCUT2D eigenvalue weighted by Crippen LogP contribution is -2.59. The van der Waals surface area contributed by atoms with E-state index >= 15 is 0 Å². The molecule has 0 rings (SSSR count). The van der Waals surface area contributed by atoms with E-state index in [4.69, 9.17) is 13.6 Å². The van der Waals surface area contributed by atoms with Crippen molar-refractivity contribution < 1.29 is 13.6 Å². The first kappa shape index (κ1) is 22.5. The summed E-state index contributed by atoms with van der Waals surface area (Å²) in [6.07, 6.45) is 0. The highest BCUT2D eigenvalue weighted by Crippen LogP contribution is 2.21. The van der Waals surface area contributed by atoms with Crippen LogP contribution in [0.15, 0.2) is 0 Å². The van der Waals surface area contributed by atoms with Gasteiger partial charge in [0.25, 0.3) is 0 Å². The van der Waals surface area contributed by atoms with Gasteiger partial charge in [-0.3, -0.25) is 0 Å². The molecule has 0 amide bonds. The maximum absolute atomic E-state index is 6.07. The minimum absolute atomic E-state index is 0.732. The lowest BCUT2D eigenvalue weighted by Gasteiger charge is -2.43. The Balaban J connectivity index is 4.54. The minimum Gasteiger partial charge on any atom is -0.394 e. The van der Waals surface area contributed by atoms with Crippen molar-refractivity contribution in [2.75, 3.05) is 26.6 Å². The van der Waals surface area contributed by atoms with Gasteiger partial charge < -0.3 is 17.8 Å². The van der Waals surface area contributed by atoms with Gasteiger partial charge in [-0.05, 0) is 19.9 Å². The fourth-order valence-corrected chi connectivity index (χ4v) is 14.5. The molecule has 0 heterocycles. The van der Waals surface area contributed by atoms with E-state index in [0.29, 0.717) is 0 Å². The number of hydrogen-bond donors (Lipinski definition) is 0. The second-order valence-electron chi connectivity index (χ2n) is 7.69. The first-order valence-electron chi connectivity index (χ1n) is 8.65. The van der Waals surface area contributed by atoms with Crippen LogP contribution in [-0.2, 0) is 13.6 Å². The summed E-state index contributed by atoms with van der Waals surface area (Å²) in [5.41, 5.74) is 0. The molecule has 4 nitrogen and oxygen atoms in total. The van der Waals surface area contributed by atoms with Crippen LogP contribution in [0.25, 0.3) is 0 Å². The summed E-state index contributed by atoms with van der Waals surface area (Å²) < 4.78 is 20.7. The largest absolute Gasteiger partial charge is 0.394 e. The van der Waals surface area contributed by atoms with Crippen LogP contribution in [0.2, 0.25) is 51.4 Å². The topological polar surface area (TPSA) is 30.9 Å². The zero-order valence-electron chi connectivity index (χ0n) is 16.4. The molecule has 0 unspecified atom stereocenters. The third-order valence-corrected chi connectivity index (χ3v) is 15.0. The van der Waals surface area contributed by atoms with Crippen LogP contribution in [0, 0.1) is 0 Å². The molecular formula is C15H39NO3Si3. The van der Waals surface area contributed by atoms with E-state index in [-0.39, 0.29) is 0 Å². The Morgan fingerprint density at radius 2 is 1.23 bits per heavy atom. The van der Waals surface area contributed by atoms with Gasteiger partial charge in [-0.15, -0.1) is 0 Å². The Hall–Kier alpha value is 0.491. The maximum atomic E-state index is 6.07. The normalized spacial score (nSPS) is 13.9. The Bertz CT molecular complexity index is 283. The first-order chi connectivity index (χ1) is 10.0. The van der Waals surface area contributed by atoms with Gasteiger partial charge in [0, 0.05) is 19.3 Å². The van der Waals surface area contributed by atoms with Crippen LogP contribution in [0.5, 0.6) is 0 Å². The quantitative estimate of drug-likeness (QED) is 0.290. The van der Waals surface area contributed by atoms with Crippen LogP contribution in [0.1, 0.15) is 20.8 Å². The van der Waals surface area contributed by atoms with Gasteiger partial charge in [-0.2, -0.15) is 0 Å². The molecule has 0 saturated carbocycles. The average molecular weight is 366 g/mol. The molecule has 0 aromatic carbocycles. The van der Waals surface area contributed by atoms with Crippen LogP contribution in [0.3, 0.4) is 0 Å². The molecule has 22 heavy (non-hydrogen) atoms. The summed E-state index contributed by atoms with van der Waals surface area (Å²) in [6.45, 7) is 23.7. The van der Waals surface area contributed by atoms with Gasteiger partial charge in [0.2, 0.25) is 0 Å². The van der Waals surface area contributed by atoms with E-state index < -0.39 is 25.0 Å². The standard InChI is InChI=1S/C15H39NO3Si3/c1-10-18-22(12-3,19-11-2)14-13-17-15-16(20(4,5)6)21(7,8)9/h10-15H2,1-9H3. The number of hydrogen-bond acceptors (Lipinski definition) is 4. The molecule has 0 aliphatic heterocycles. The Morgan fingerprint density at radius 3 is 1.55 bits per heavy atom. The smallest absolute Gasteiger partial charge is 0.340 e. The minimum atomic E-state index is -2.05. The van der Waals surface area contributed by atoms with Crippen molar-refractivity contribution >= 4 is 25.0 Å². The summed E-state index contributed by atoms with van der Waals surface area (Å²) in [6, 6.07) is 1.92. The van der Waals surface area contributed by atoms with Crippen LogP contribution in [0.4, 0.5) is 0 Å². The highest BCUT2D eigenvalue weighted by atomic mass is 28.4. The van der Waals surface area contributed by atoms with E-state index in [1.54, 1.807) is 0 Å². The van der Waals surface area contributed by atoms with Crippen molar-refractivity contribution in [3.63, 3.8) is 0 Å². The molecule has 0 fully saturated rings. The van der Waals surface area contributed by atoms with E-state index in [1.807, 2.05) is 0 Å². The fraction of sp³-hybridized carbons (Fsp3) is 1.00. The van der Waals surface area contributed by atoms with Crippen molar-refractivity contribution in [3.05, 3.63) is 0 Å². The SMILES string of the molecule is CCO[Si](CC)(CCOCN([Si](C)(C)C)[Si](C)(C)C)OCC. The monoisotopic (exact) mass is 365 g/mol. The van der Waals surface area contributed by atoms with Gasteiger partial charge in [-0.25, -0.2) is 0 Å². The Kier molecular flexibility index (Phi) is 9.92. The van der Waals surface area contributed by atoms with Gasteiger partial charge >= 0.3 is 8.56 Å². The van der Waals surface area contributed by atoms with E-state index in [9.17, 15) is 0 Å². The molecule has 0 N–H and O–H groups in total. The van der Waals surface area contributed by atoms with Gasteiger partial charge in [0.05, 0.1) is 13.3 Å². The van der Waals surface area contributed by atoms with E-state index in [2.05, 4.69) is 64.3 Å². The zero-order chi connectivity index (χ0) is 17.4. The van der Waals surface area contributed by atoms with Crippen molar-refractivity contribution in [2.24, 2.45) is 0 Å².